The van der Waals surface area contributed by atoms with Crippen molar-refractivity contribution in [2.75, 3.05) is 26.2 Å². The van der Waals surface area contributed by atoms with E-state index in [1.54, 1.807) is 0 Å². The minimum Gasteiger partial charge on any atom is -0.329 e. The summed E-state index contributed by atoms with van der Waals surface area (Å²) in [5.74, 6) is 3.84. The number of nitrogens with zero attached hydrogens (tertiary/aromatic N) is 1. The Morgan fingerprint density at radius 2 is 1.62 bits per heavy atom. The van der Waals surface area contributed by atoms with Crippen LogP contribution in [0.2, 0.25) is 0 Å². The molecule has 2 saturated heterocycles. The fourth-order valence-electron chi connectivity index (χ4n) is 6.45. The van der Waals surface area contributed by atoms with Crippen LogP contribution in [0.15, 0.2) is 0 Å². The van der Waals surface area contributed by atoms with Crippen LogP contribution in [0, 0.1) is 23.7 Å². The maximum absolute atomic E-state index is 5.79. The van der Waals surface area contributed by atoms with E-state index in [4.69, 9.17) is 5.73 Å². The summed E-state index contributed by atoms with van der Waals surface area (Å²) in [5.41, 5.74) is 9.73. The van der Waals surface area contributed by atoms with Crippen LogP contribution in [0.25, 0.3) is 0 Å². The van der Waals surface area contributed by atoms with E-state index in [-0.39, 0.29) is 0 Å². The van der Waals surface area contributed by atoms with Gasteiger partial charge in [-0.15, -0.1) is 0 Å². The van der Waals surface area contributed by atoms with Gasteiger partial charge in [0.05, 0.1) is 0 Å². The molecular formula is C22H42N4. The van der Waals surface area contributed by atoms with Gasteiger partial charge in [0.25, 0.3) is 0 Å². The predicted octanol–water partition coefficient (Wildman–Crippen LogP) is 3.28. The van der Waals surface area contributed by atoms with Crippen molar-refractivity contribution in [3.8, 4) is 0 Å². The van der Waals surface area contributed by atoms with E-state index < -0.39 is 0 Å². The average molecular weight is 363 g/mol. The first-order chi connectivity index (χ1) is 12.8. The number of nitrogens with one attached hydrogen (secondary N) is 2. The molecule has 2 aliphatic carbocycles. The lowest BCUT2D eigenvalue weighted by Crippen LogP contribution is -2.48. The lowest BCUT2D eigenvalue weighted by Gasteiger charge is -2.39. The number of rotatable bonds is 5. The van der Waals surface area contributed by atoms with Crippen molar-refractivity contribution in [1.29, 1.82) is 0 Å². The number of hydrazine groups is 1. The van der Waals surface area contributed by atoms with E-state index in [1.807, 2.05) is 0 Å². The zero-order valence-electron chi connectivity index (χ0n) is 16.8. The van der Waals surface area contributed by atoms with E-state index >= 15 is 0 Å². The van der Waals surface area contributed by atoms with Crippen LogP contribution in [0.1, 0.15) is 77.0 Å². The SMILES string of the molecule is NCC1CCC(CN2CCC(C3CCCC(C4CCCCC4)C3)N2)CN1. The molecule has 4 nitrogen and oxygen atoms in total. The Balaban J connectivity index is 1.22. The molecule has 0 aromatic rings. The third-order valence-corrected chi connectivity index (χ3v) is 8.08. The molecule has 150 valence electrons. The Bertz CT molecular complexity index is 414. The molecule has 4 rings (SSSR count). The van der Waals surface area contributed by atoms with E-state index in [9.17, 15) is 0 Å². The van der Waals surface area contributed by atoms with E-state index in [0.29, 0.717) is 6.04 Å². The van der Waals surface area contributed by atoms with Gasteiger partial charge in [-0.3, -0.25) is 5.43 Å². The van der Waals surface area contributed by atoms with Crippen molar-refractivity contribution in [1.82, 2.24) is 15.8 Å². The minimum atomic E-state index is 0.560. The molecule has 0 bridgehead atoms. The summed E-state index contributed by atoms with van der Waals surface area (Å²) in [6.07, 6.45) is 17.5. The second-order valence-electron chi connectivity index (χ2n) is 9.84. The molecule has 0 aromatic heterocycles. The minimum absolute atomic E-state index is 0.560. The van der Waals surface area contributed by atoms with Crippen LogP contribution in [0.3, 0.4) is 0 Å². The lowest BCUT2D eigenvalue weighted by atomic mass is 9.69. The summed E-state index contributed by atoms with van der Waals surface area (Å²) in [7, 11) is 0. The third kappa shape index (κ3) is 4.81. The second-order valence-corrected chi connectivity index (χ2v) is 9.84. The standard InChI is InChI=1S/C22H42N4/c23-14-21-10-9-17(15-24-21)16-26-12-11-22(25-26)20-8-4-7-19(13-20)18-5-2-1-3-6-18/h17-22,24-25H,1-16,23H2. The highest BCUT2D eigenvalue weighted by Gasteiger charge is 2.36. The molecule has 2 aliphatic heterocycles. The summed E-state index contributed by atoms with van der Waals surface area (Å²) in [5, 5.41) is 6.19. The Morgan fingerprint density at radius 1 is 0.808 bits per heavy atom. The molecule has 4 N–H and O–H groups in total. The summed E-state index contributed by atoms with van der Waals surface area (Å²) < 4.78 is 0. The quantitative estimate of drug-likeness (QED) is 0.702. The first-order valence-corrected chi connectivity index (χ1v) is 11.8. The molecule has 0 aromatic carbocycles. The number of piperidine rings is 1. The predicted molar refractivity (Wildman–Crippen MR) is 109 cm³/mol. The van der Waals surface area contributed by atoms with Gasteiger partial charge in [0.1, 0.15) is 0 Å². The summed E-state index contributed by atoms with van der Waals surface area (Å²) in [6, 6.07) is 1.32. The van der Waals surface area contributed by atoms with Crippen molar-refractivity contribution in [2.45, 2.75) is 89.1 Å². The molecule has 26 heavy (non-hydrogen) atoms. The Hall–Kier alpha value is -0.160. The van der Waals surface area contributed by atoms with Crippen LogP contribution in [0.5, 0.6) is 0 Å². The van der Waals surface area contributed by atoms with Crippen LogP contribution in [-0.4, -0.2) is 43.3 Å². The van der Waals surface area contributed by atoms with Gasteiger partial charge in [0.2, 0.25) is 0 Å². The smallest absolute Gasteiger partial charge is 0.0256 e. The zero-order chi connectivity index (χ0) is 17.8. The molecule has 0 radical (unpaired) electrons. The number of hydrogen-bond acceptors (Lipinski definition) is 4. The van der Waals surface area contributed by atoms with Gasteiger partial charge in [-0.25, -0.2) is 5.01 Å². The second kappa shape index (κ2) is 9.36. The van der Waals surface area contributed by atoms with Gasteiger partial charge in [0, 0.05) is 31.7 Å². The molecule has 4 aliphatic rings. The van der Waals surface area contributed by atoms with Crippen LogP contribution >= 0.6 is 0 Å². The van der Waals surface area contributed by atoms with Crippen molar-refractivity contribution in [3.05, 3.63) is 0 Å². The van der Waals surface area contributed by atoms with Gasteiger partial charge in [0.15, 0.2) is 0 Å². The highest BCUT2D eigenvalue weighted by atomic mass is 15.5. The average Bonchev–Trinajstić information content (AvgIpc) is 3.18. The maximum Gasteiger partial charge on any atom is 0.0256 e. The zero-order valence-corrected chi connectivity index (χ0v) is 16.8. The molecule has 4 fully saturated rings. The Kier molecular flexibility index (Phi) is 6.90. The molecule has 5 unspecified atom stereocenters. The van der Waals surface area contributed by atoms with Gasteiger partial charge in [-0.2, -0.15) is 0 Å². The van der Waals surface area contributed by atoms with Crippen LogP contribution < -0.4 is 16.5 Å². The normalized spacial score (nSPS) is 40.7. The van der Waals surface area contributed by atoms with Gasteiger partial charge in [-0.1, -0.05) is 44.9 Å². The topological polar surface area (TPSA) is 53.3 Å². The van der Waals surface area contributed by atoms with Crippen molar-refractivity contribution >= 4 is 0 Å². The molecule has 4 heteroatoms. The van der Waals surface area contributed by atoms with Crippen molar-refractivity contribution in [2.24, 2.45) is 29.4 Å². The van der Waals surface area contributed by atoms with E-state index in [1.165, 1.54) is 90.1 Å². The molecule has 2 heterocycles. The first-order valence-electron chi connectivity index (χ1n) is 11.8. The summed E-state index contributed by atoms with van der Waals surface area (Å²) in [4.78, 5) is 0. The largest absolute Gasteiger partial charge is 0.329 e. The molecule has 5 atom stereocenters. The van der Waals surface area contributed by atoms with Crippen molar-refractivity contribution < 1.29 is 0 Å². The molecule has 0 spiro atoms. The first kappa shape index (κ1) is 19.2. The molecular weight excluding hydrogens is 320 g/mol. The highest BCUT2D eigenvalue weighted by molar-refractivity contribution is 4.89. The van der Waals surface area contributed by atoms with Crippen LogP contribution in [0.4, 0.5) is 0 Å². The van der Waals surface area contributed by atoms with Crippen molar-refractivity contribution in [3.63, 3.8) is 0 Å². The Labute approximate surface area is 161 Å². The van der Waals surface area contributed by atoms with E-state index in [0.717, 1.165) is 42.8 Å². The van der Waals surface area contributed by atoms with Gasteiger partial charge >= 0.3 is 0 Å². The Morgan fingerprint density at radius 3 is 2.38 bits per heavy atom. The monoisotopic (exact) mass is 362 g/mol. The fraction of sp³-hybridized carbons (Fsp3) is 1.00. The summed E-state index contributed by atoms with van der Waals surface area (Å²) in [6.45, 7) is 4.42. The van der Waals surface area contributed by atoms with Gasteiger partial charge in [-0.05, 0) is 62.3 Å². The van der Waals surface area contributed by atoms with Gasteiger partial charge < -0.3 is 11.1 Å². The number of hydrogen-bond donors (Lipinski definition) is 3. The third-order valence-electron chi connectivity index (χ3n) is 8.08. The molecule has 0 amide bonds. The highest BCUT2D eigenvalue weighted by Crippen LogP contribution is 2.42. The van der Waals surface area contributed by atoms with Crippen LogP contribution in [-0.2, 0) is 0 Å². The lowest BCUT2D eigenvalue weighted by molar-refractivity contribution is 0.117. The molecule has 2 saturated carbocycles. The fourth-order valence-corrected chi connectivity index (χ4v) is 6.45. The number of nitrogens with two attached hydrogens (primary N) is 1. The summed E-state index contributed by atoms with van der Waals surface area (Å²) >= 11 is 0. The van der Waals surface area contributed by atoms with E-state index in [2.05, 4.69) is 15.8 Å². The maximum atomic E-state index is 5.79.